The highest BCUT2D eigenvalue weighted by molar-refractivity contribution is 6.01. The molecule has 0 radical (unpaired) electrons. The second-order valence-corrected chi connectivity index (χ2v) is 6.03. The van der Waals surface area contributed by atoms with Crippen molar-refractivity contribution in [2.45, 2.75) is 51.9 Å². The Morgan fingerprint density at radius 1 is 0.950 bits per heavy atom. The zero-order valence-corrected chi connectivity index (χ0v) is 12.5. The molecule has 0 spiro atoms. The van der Waals surface area contributed by atoms with Crippen LogP contribution in [0.5, 0.6) is 0 Å². The van der Waals surface area contributed by atoms with Crippen LogP contribution >= 0.6 is 0 Å². The molecule has 1 aromatic rings. The summed E-state index contributed by atoms with van der Waals surface area (Å²) in [4.78, 5) is 24.0. The summed E-state index contributed by atoms with van der Waals surface area (Å²) < 4.78 is 0. The van der Waals surface area contributed by atoms with Crippen molar-refractivity contribution in [3.05, 3.63) is 35.9 Å². The topological polar surface area (TPSA) is 34.1 Å². The summed E-state index contributed by atoms with van der Waals surface area (Å²) in [7, 11) is 0. The monoisotopic (exact) mass is 272 g/mol. The number of benzene rings is 1. The molecular formula is C18H24O2. The van der Waals surface area contributed by atoms with Gasteiger partial charge >= 0.3 is 0 Å². The Balaban J connectivity index is 2.37. The van der Waals surface area contributed by atoms with Crippen molar-refractivity contribution < 1.29 is 9.59 Å². The lowest BCUT2D eigenvalue weighted by Crippen LogP contribution is -2.32. The van der Waals surface area contributed by atoms with Crippen LogP contribution in [0.3, 0.4) is 0 Å². The van der Waals surface area contributed by atoms with E-state index >= 15 is 0 Å². The molecule has 1 fully saturated rings. The van der Waals surface area contributed by atoms with Crippen molar-refractivity contribution in [1.82, 2.24) is 0 Å². The van der Waals surface area contributed by atoms with Gasteiger partial charge in [-0.15, -0.1) is 0 Å². The molecule has 0 heterocycles. The summed E-state index contributed by atoms with van der Waals surface area (Å²) in [6, 6.07) is 10.1. The first-order chi connectivity index (χ1) is 9.61. The SMILES string of the molecule is CC(=O)C(C(C)=O)C(c1ccccc1)C1CCCCC1. The predicted molar refractivity (Wildman–Crippen MR) is 80.6 cm³/mol. The average Bonchev–Trinajstić information content (AvgIpc) is 2.45. The summed E-state index contributed by atoms with van der Waals surface area (Å²) >= 11 is 0. The normalized spacial score (nSPS) is 17.9. The predicted octanol–water partition coefficient (Wildman–Crippen LogP) is 4.14. The molecule has 2 nitrogen and oxygen atoms in total. The van der Waals surface area contributed by atoms with E-state index in [1.165, 1.54) is 19.3 Å². The lowest BCUT2D eigenvalue weighted by Gasteiger charge is -2.34. The van der Waals surface area contributed by atoms with Gasteiger partial charge in [-0.1, -0.05) is 49.6 Å². The molecule has 2 heteroatoms. The quantitative estimate of drug-likeness (QED) is 0.755. The standard InChI is InChI=1S/C18H24O2/c1-13(19)17(14(2)20)18(15-9-5-3-6-10-15)16-11-7-4-8-12-16/h3,5-6,9-10,16-18H,4,7-8,11-12H2,1-2H3. The number of carbonyl (C=O) groups excluding carboxylic acids is 2. The van der Waals surface area contributed by atoms with Gasteiger partial charge < -0.3 is 0 Å². The molecule has 108 valence electrons. The van der Waals surface area contributed by atoms with E-state index in [1.807, 2.05) is 18.2 Å². The third-order valence-corrected chi connectivity index (χ3v) is 4.58. The number of ketones is 2. The van der Waals surface area contributed by atoms with E-state index in [0.29, 0.717) is 5.92 Å². The summed E-state index contributed by atoms with van der Waals surface area (Å²) in [5, 5.41) is 0. The van der Waals surface area contributed by atoms with Crippen molar-refractivity contribution in [1.29, 1.82) is 0 Å². The molecule has 1 aliphatic rings. The summed E-state index contributed by atoms with van der Waals surface area (Å²) in [6.45, 7) is 3.12. The lowest BCUT2D eigenvalue weighted by atomic mass is 9.69. The summed E-state index contributed by atoms with van der Waals surface area (Å²) in [5.74, 6) is 0.0739. The maximum absolute atomic E-state index is 12.0. The fourth-order valence-corrected chi connectivity index (χ4v) is 3.70. The molecule has 0 N–H and O–H groups in total. The van der Waals surface area contributed by atoms with Crippen LogP contribution in [0.2, 0.25) is 0 Å². The second-order valence-electron chi connectivity index (χ2n) is 6.03. The largest absolute Gasteiger partial charge is 0.299 e. The molecule has 1 saturated carbocycles. The molecule has 0 aliphatic heterocycles. The van der Waals surface area contributed by atoms with E-state index in [2.05, 4.69) is 12.1 Å². The minimum absolute atomic E-state index is 0.0110. The first kappa shape index (κ1) is 15.0. The third-order valence-electron chi connectivity index (χ3n) is 4.58. The molecule has 0 aromatic heterocycles. The van der Waals surface area contributed by atoms with Crippen molar-refractivity contribution in [2.24, 2.45) is 11.8 Å². The van der Waals surface area contributed by atoms with Crippen molar-refractivity contribution in [3.8, 4) is 0 Å². The van der Waals surface area contributed by atoms with Gasteiger partial charge in [0.25, 0.3) is 0 Å². The van der Waals surface area contributed by atoms with Gasteiger partial charge in [-0.05, 0) is 38.2 Å². The Morgan fingerprint density at radius 2 is 1.50 bits per heavy atom. The van der Waals surface area contributed by atoms with E-state index in [-0.39, 0.29) is 17.5 Å². The van der Waals surface area contributed by atoms with Gasteiger partial charge in [-0.3, -0.25) is 9.59 Å². The van der Waals surface area contributed by atoms with Crippen molar-refractivity contribution >= 4 is 11.6 Å². The lowest BCUT2D eigenvalue weighted by molar-refractivity contribution is -0.132. The highest BCUT2D eigenvalue weighted by Crippen LogP contribution is 2.41. The van der Waals surface area contributed by atoms with Crippen LogP contribution < -0.4 is 0 Å². The Hall–Kier alpha value is -1.44. The molecule has 1 aliphatic carbocycles. The van der Waals surface area contributed by atoms with Crippen LogP contribution in [0.25, 0.3) is 0 Å². The van der Waals surface area contributed by atoms with Gasteiger partial charge in [0.15, 0.2) is 0 Å². The van der Waals surface area contributed by atoms with E-state index in [1.54, 1.807) is 13.8 Å². The average molecular weight is 272 g/mol. The van der Waals surface area contributed by atoms with Crippen molar-refractivity contribution in [3.63, 3.8) is 0 Å². The molecule has 0 bridgehead atoms. The van der Waals surface area contributed by atoms with E-state index in [0.717, 1.165) is 18.4 Å². The first-order valence-corrected chi connectivity index (χ1v) is 7.67. The molecule has 1 unspecified atom stereocenters. The van der Waals surface area contributed by atoms with Crippen LogP contribution in [-0.2, 0) is 9.59 Å². The van der Waals surface area contributed by atoms with Crippen LogP contribution in [0.15, 0.2) is 30.3 Å². The van der Waals surface area contributed by atoms with Gasteiger partial charge in [0.1, 0.15) is 11.6 Å². The Labute approximate surface area is 121 Å². The molecule has 1 atom stereocenters. The number of rotatable bonds is 5. The molecule has 2 rings (SSSR count). The molecule has 0 saturated heterocycles. The maximum Gasteiger partial charge on any atom is 0.140 e. The van der Waals surface area contributed by atoms with Gasteiger partial charge in [0.2, 0.25) is 0 Å². The zero-order chi connectivity index (χ0) is 14.5. The van der Waals surface area contributed by atoms with Gasteiger partial charge in [-0.2, -0.15) is 0 Å². The Bertz CT molecular complexity index is 444. The maximum atomic E-state index is 12.0. The van der Waals surface area contributed by atoms with Gasteiger partial charge in [0.05, 0.1) is 5.92 Å². The Kier molecular flexibility index (Phi) is 5.11. The highest BCUT2D eigenvalue weighted by atomic mass is 16.1. The van der Waals surface area contributed by atoms with Gasteiger partial charge in [-0.25, -0.2) is 0 Å². The zero-order valence-electron chi connectivity index (χ0n) is 12.5. The fraction of sp³-hybridized carbons (Fsp3) is 0.556. The van der Waals surface area contributed by atoms with Crippen LogP contribution in [0.4, 0.5) is 0 Å². The molecule has 0 amide bonds. The number of Topliss-reactive ketones (excluding diaryl/α,β-unsaturated/α-hetero) is 2. The van der Waals surface area contributed by atoms with Crippen LogP contribution in [0, 0.1) is 11.8 Å². The summed E-state index contributed by atoms with van der Waals surface area (Å²) in [5.41, 5.74) is 1.15. The van der Waals surface area contributed by atoms with Gasteiger partial charge in [0, 0.05) is 5.92 Å². The third kappa shape index (κ3) is 3.36. The fourth-order valence-electron chi connectivity index (χ4n) is 3.70. The molecule has 1 aromatic carbocycles. The second kappa shape index (κ2) is 6.83. The van der Waals surface area contributed by atoms with E-state index in [4.69, 9.17) is 0 Å². The first-order valence-electron chi connectivity index (χ1n) is 7.67. The number of carbonyl (C=O) groups is 2. The summed E-state index contributed by atoms with van der Waals surface area (Å²) in [6.07, 6.45) is 5.99. The molecular weight excluding hydrogens is 248 g/mol. The highest BCUT2D eigenvalue weighted by Gasteiger charge is 2.36. The number of hydrogen-bond acceptors (Lipinski definition) is 2. The number of hydrogen-bond donors (Lipinski definition) is 0. The molecule has 20 heavy (non-hydrogen) atoms. The van der Waals surface area contributed by atoms with E-state index in [9.17, 15) is 9.59 Å². The van der Waals surface area contributed by atoms with Crippen LogP contribution in [-0.4, -0.2) is 11.6 Å². The van der Waals surface area contributed by atoms with Crippen molar-refractivity contribution in [2.75, 3.05) is 0 Å². The Morgan fingerprint density at radius 3 is 2.00 bits per heavy atom. The minimum Gasteiger partial charge on any atom is -0.299 e. The smallest absolute Gasteiger partial charge is 0.140 e. The van der Waals surface area contributed by atoms with Crippen LogP contribution in [0.1, 0.15) is 57.4 Å². The van der Waals surface area contributed by atoms with E-state index < -0.39 is 5.92 Å². The minimum atomic E-state index is -0.472.